The van der Waals surface area contributed by atoms with E-state index in [9.17, 15) is 4.79 Å². The molecule has 0 aliphatic rings. The van der Waals surface area contributed by atoms with Crippen LogP contribution < -0.4 is 5.32 Å². The lowest BCUT2D eigenvalue weighted by molar-refractivity contribution is 0.0697. The molecule has 1 aromatic carbocycles. The van der Waals surface area contributed by atoms with Gasteiger partial charge in [0.2, 0.25) is 0 Å². The fraction of sp³-hybridized carbons (Fsp3) is 0.267. The molecule has 0 saturated heterocycles. The SMILES string of the molecule is O=C(O)c1csc(CNCCCc2ccccc2)c1. The Morgan fingerprint density at radius 1 is 1.26 bits per heavy atom. The fourth-order valence-corrected chi connectivity index (χ4v) is 2.69. The number of thiophene rings is 1. The molecule has 0 aliphatic heterocycles. The molecule has 2 rings (SSSR count). The van der Waals surface area contributed by atoms with E-state index in [4.69, 9.17) is 5.11 Å². The lowest BCUT2D eigenvalue weighted by Gasteiger charge is -2.03. The molecule has 0 saturated carbocycles. The second-order valence-corrected chi connectivity index (χ2v) is 5.37. The van der Waals surface area contributed by atoms with Crippen molar-refractivity contribution < 1.29 is 9.90 Å². The van der Waals surface area contributed by atoms with Crippen molar-refractivity contribution in [2.75, 3.05) is 6.54 Å². The second-order valence-electron chi connectivity index (χ2n) is 4.37. The highest BCUT2D eigenvalue weighted by atomic mass is 32.1. The van der Waals surface area contributed by atoms with Crippen molar-refractivity contribution in [3.63, 3.8) is 0 Å². The van der Waals surface area contributed by atoms with Crippen molar-refractivity contribution in [1.82, 2.24) is 5.32 Å². The van der Waals surface area contributed by atoms with Gasteiger partial charge >= 0.3 is 5.97 Å². The summed E-state index contributed by atoms with van der Waals surface area (Å²) in [6, 6.07) is 12.1. The molecule has 0 radical (unpaired) electrons. The molecule has 3 nitrogen and oxygen atoms in total. The summed E-state index contributed by atoms with van der Waals surface area (Å²) in [5.74, 6) is -0.855. The molecular formula is C15H17NO2S. The zero-order valence-corrected chi connectivity index (χ0v) is 11.5. The number of benzene rings is 1. The highest BCUT2D eigenvalue weighted by molar-refractivity contribution is 7.10. The van der Waals surface area contributed by atoms with Crippen molar-refractivity contribution in [3.8, 4) is 0 Å². The Morgan fingerprint density at radius 2 is 2.05 bits per heavy atom. The van der Waals surface area contributed by atoms with E-state index in [0.29, 0.717) is 5.56 Å². The van der Waals surface area contributed by atoms with Gasteiger partial charge in [-0.2, -0.15) is 0 Å². The average molecular weight is 275 g/mol. The Hall–Kier alpha value is -1.65. The lowest BCUT2D eigenvalue weighted by atomic mass is 10.1. The van der Waals surface area contributed by atoms with Crippen LogP contribution in [-0.4, -0.2) is 17.6 Å². The molecule has 0 atom stereocenters. The van der Waals surface area contributed by atoms with Gasteiger partial charge < -0.3 is 10.4 Å². The third-order valence-corrected chi connectivity index (χ3v) is 3.80. The molecule has 0 spiro atoms. The summed E-state index contributed by atoms with van der Waals surface area (Å²) in [6.45, 7) is 1.68. The molecule has 1 aromatic heterocycles. The highest BCUT2D eigenvalue weighted by Crippen LogP contribution is 2.14. The first-order valence-electron chi connectivity index (χ1n) is 6.31. The van der Waals surface area contributed by atoms with Gasteiger partial charge in [0.25, 0.3) is 0 Å². The summed E-state index contributed by atoms with van der Waals surface area (Å²) >= 11 is 1.49. The maximum atomic E-state index is 10.7. The molecular weight excluding hydrogens is 258 g/mol. The molecule has 0 fully saturated rings. The number of carbonyl (C=O) groups is 1. The van der Waals surface area contributed by atoms with Gasteiger partial charge in [0.1, 0.15) is 0 Å². The van der Waals surface area contributed by atoms with Gasteiger partial charge in [-0.05, 0) is 31.0 Å². The van der Waals surface area contributed by atoms with Crippen molar-refractivity contribution >= 4 is 17.3 Å². The minimum Gasteiger partial charge on any atom is -0.478 e. The molecule has 0 amide bonds. The number of hydrogen-bond donors (Lipinski definition) is 2. The molecule has 0 aliphatic carbocycles. The van der Waals surface area contributed by atoms with E-state index in [-0.39, 0.29) is 0 Å². The zero-order valence-electron chi connectivity index (χ0n) is 10.6. The average Bonchev–Trinajstić information content (AvgIpc) is 2.89. The Balaban J connectivity index is 1.65. The summed E-state index contributed by atoms with van der Waals surface area (Å²) in [7, 11) is 0. The van der Waals surface area contributed by atoms with Gasteiger partial charge in [0, 0.05) is 16.8 Å². The number of carboxylic acids is 1. The minimum atomic E-state index is -0.855. The maximum Gasteiger partial charge on any atom is 0.336 e. The summed E-state index contributed by atoms with van der Waals surface area (Å²) in [4.78, 5) is 11.8. The molecule has 2 aromatic rings. The highest BCUT2D eigenvalue weighted by Gasteiger charge is 2.05. The van der Waals surface area contributed by atoms with Crippen LogP contribution in [0.5, 0.6) is 0 Å². The fourth-order valence-electron chi connectivity index (χ4n) is 1.86. The van der Waals surface area contributed by atoms with E-state index in [1.807, 2.05) is 6.07 Å². The zero-order chi connectivity index (χ0) is 13.5. The maximum absolute atomic E-state index is 10.7. The van der Waals surface area contributed by atoms with Crippen LogP contribution in [0.3, 0.4) is 0 Å². The van der Waals surface area contributed by atoms with Crippen LogP contribution in [0.4, 0.5) is 0 Å². The van der Waals surface area contributed by atoms with Crippen LogP contribution in [0.1, 0.15) is 27.2 Å². The molecule has 0 unspecified atom stereocenters. The molecule has 0 bridgehead atoms. The quantitative estimate of drug-likeness (QED) is 0.763. The number of aromatic carboxylic acids is 1. The summed E-state index contributed by atoms with van der Waals surface area (Å²) in [5.41, 5.74) is 1.74. The Morgan fingerprint density at radius 3 is 2.74 bits per heavy atom. The first kappa shape index (κ1) is 13.8. The van der Waals surface area contributed by atoms with Crippen LogP contribution in [0.15, 0.2) is 41.8 Å². The van der Waals surface area contributed by atoms with Gasteiger partial charge in [0.15, 0.2) is 0 Å². The number of hydrogen-bond acceptors (Lipinski definition) is 3. The monoisotopic (exact) mass is 275 g/mol. The van der Waals surface area contributed by atoms with E-state index in [0.717, 1.165) is 30.8 Å². The van der Waals surface area contributed by atoms with Gasteiger partial charge in [-0.3, -0.25) is 0 Å². The predicted octanol–water partition coefficient (Wildman–Crippen LogP) is 3.17. The second kappa shape index (κ2) is 7.07. The third-order valence-electron chi connectivity index (χ3n) is 2.86. The van der Waals surface area contributed by atoms with Gasteiger partial charge in [-0.25, -0.2) is 4.79 Å². The van der Waals surface area contributed by atoms with Crippen molar-refractivity contribution in [2.24, 2.45) is 0 Å². The largest absolute Gasteiger partial charge is 0.478 e. The third kappa shape index (κ3) is 4.50. The van der Waals surface area contributed by atoms with Crippen LogP contribution in [0.25, 0.3) is 0 Å². The topological polar surface area (TPSA) is 49.3 Å². The molecule has 19 heavy (non-hydrogen) atoms. The number of carboxylic acid groups (broad SMARTS) is 1. The van der Waals surface area contributed by atoms with E-state index < -0.39 is 5.97 Å². The van der Waals surface area contributed by atoms with Crippen molar-refractivity contribution in [3.05, 3.63) is 57.8 Å². The van der Waals surface area contributed by atoms with Crippen LogP contribution in [0.2, 0.25) is 0 Å². The van der Waals surface area contributed by atoms with E-state index >= 15 is 0 Å². The first-order valence-corrected chi connectivity index (χ1v) is 7.19. The van der Waals surface area contributed by atoms with Gasteiger partial charge in [0.05, 0.1) is 5.56 Å². The van der Waals surface area contributed by atoms with Gasteiger partial charge in [-0.15, -0.1) is 11.3 Å². The Labute approximate surface area is 116 Å². The normalized spacial score (nSPS) is 10.5. The van der Waals surface area contributed by atoms with Crippen LogP contribution >= 0.6 is 11.3 Å². The Bertz CT molecular complexity index is 522. The van der Waals surface area contributed by atoms with E-state index in [2.05, 4.69) is 29.6 Å². The Kier molecular flexibility index (Phi) is 5.12. The lowest BCUT2D eigenvalue weighted by Crippen LogP contribution is -2.14. The summed E-state index contributed by atoms with van der Waals surface area (Å²) < 4.78 is 0. The van der Waals surface area contributed by atoms with Gasteiger partial charge in [-0.1, -0.05) is 30.3 Å². The molecule has 100 valence electrons. The smallest absolute Gasteiger partial charge is 0.336 e. The molecule has 1 heterocycles. The van der Waals surface area contributed by atoms with Crippen LogP contribution in [0, 0.1) is 0 Å². The van der Waals surface area contributed by atoms with Crippen molar-refractivity contribution in [2.45, 2.75) is 19.4 Å². The molecule has 2 N–H and O–H groups in total. The number of aryl methyl sites for hydroxylation is 1. The van der Waals surface area contributed by atoms with Crippen LogP contribution in [-0.2, 0) is 13.0 Å². The standard InChI is InChI=1S/C15H17NO2S/c17-15(18)13-9-14(19-11-13)10-16-8-4-7-12-5-2-1-3-6-12/h1-3,5-6,9,11,16H,4,7-8,10H2,(H,17,18). The van der Waals surface area contributed by atoms with E-state index in [1.54, 1.807) is 11.4 Å². The number of rotatable bonds is 7. The summed E-state index contributed by atoms with van der Waals surface area (Å²) in [5, 5.41) is 13.8. The minimum absolute atomic E-state index is 0.381. The first-order chi connectivity index (χ1) is 9.25. The predicted molar refractivity (Wildman–Crippen MR) is 77.7 cm³/mol. The van der Waals surface area contributed by atoms with Crippen molar-refractivity contribution in [1.29, 1.82) is 0 Å². The molecule has 4 heteroatoms. The van der Waals surface area contributed by atoms with E-state index in [1.165, 1.54) is 16.9 Å². The summed E-state index contributed by atoms with van der Waals surface area (Å²) in [6.07, 6.45) is 2.15. The number of nitrogens with one attached hydrogen (secondary N) is 1.